The lowest BCUT2D eigenvalue weighted by molar-refractivity contribution is -0.132. The summed E-state index contributed by atoms with van der Waals surface area (Å²) in [7, 11) is -1.85. The summed E-state index contributed by atoms with van der Waals surface area (Å²) in [5.41, 5.74) is 1.03. The molecule has 0 unspecified atom stereocenters. The second-order valence-corrected chi connectivity index (χ2v) is 10.4. The Hall–Kier alpha value is -1.83. The quantitative estimate of drug-likeness (QED) is 0.603. The highest BCUT2D eigenvalue weighted by Gasteiger charge is 2.36. The molecular weight excluding hydrogens is 410 g/mol. The van der Waals surface area contributed by atoms with Crippen LogP contribution >= 0.6 is 11.6 Å². The van der Waals surface area contributed by atoms with E-state index in [-0.39, 0.29) is 35.9 Å². The van der Waals surface area contributed by atoms with E-state index in [4.69, 9.17) is 11.6 Å². The number of rotatable bonds is 9. The van der Waals surface area contributed by atoms with Crippen molar-refractivity contribution < 1.29 is 13.2 Å². The van der Waals surface area contributed by atoms with Gasteiger partial charge < -0.3 is 9.47 Å². The molecule has 1 aromatic carbocycles. The van der Waals surface area contributed by atoms with Gasteiger partial charge in [-0.1, -0.05) is 25.4 Å². The van der Waals surface area contributed by atoms with Gasteiger partial charge in [-0.25, -0.2) is 8.42 Å². The largest absolute Gasteiger partial charge is 0.353 e. The van der Waals surface area contributed by atoms with Gasteiger partial charge in [0, 0.05) is 36.5 Å². The molecule has 0 saturated heterocycles. The summed E-state index contributed by atoms with van der Waals surface area (Å²) in [4.78, 5) is 15.1. The fraction of sp³-hybridized carbons (Fsp3) is 0.476. The highest BCUT2D eigenvalue weighted by Crippen LogP contribution is 2.29. The molecule has 1 saturated carbocycles. The molecular formula is C21H28ClN3O3S. The Bertz CT molecular complexity index is 950. The third kappa shape index (κ3) is 5.41. The number of sulfonamides is 1. The average Bonchev–Trinajstić information content (AvgIpc) is 3.41. The standard InChI is InChI=1S/C21H28ClN3O3S/c1-16(2)13-24(29(27,28)20-10-6-17(22)7-11-20)15-21(26)25(18-8-9-18)14-19-5-4-12-23(19)3/h4-7,10-12,16,18H,8-9,13-15H2,1-3H3. The van der Waals surface area contributed by atoms with Crippen molar-refractivity contribution >= 4 is 27.5 Å². The SMILES string of the molecule is CC(C)CN(CC(=O)N(Cc1cccn1C)C1CC1)S(=O)(=O)c1ccc(Cl)cc1. The van der Waals surface area contributed by atoms with Crippen LogP contribution in [0.4, 0.5) is 0 Å². The predicted molar refractivity (Wildman–Crippen MR) is 114 cm³/mol. The number of carbonyl (C=O) groups is 1. The van der Waals surface area contributed by atoms with Crippen LogP contribution < -0.4 is 0 Å². The first-order valence-electron chi connectivity index (χ1n) is 9.84. The molecule has 1 aliphatic carbocycles. The van der Waals surface area contributed by atoms with E-state index in [1.165, 1.54) is 16.4 Å². The number of carbonyl (C=O) groups excluding carboxylic acids is 1. The van der Waals surface area contributed by atoms with E-state index >= 15 is 0 Å². The minimum absolute atomic E-state index is 0.0899. The van der Waals surface area contributed by atoms with Gasteiger partial charge in [0.2, 0.25) is 15.9 Å². The molecule has 1 amide bonds. The van der Waals surface area contributed by atoms with Crippen LogP contribution in [0.25, 0.3) is 0 Å². The smallest absolute Gasteiger partial charge is 0.243 e. The fourth-order valence-electron chi connectivity index (χ4n) is 3.29. The molecule has 1 fully saturated rings. The maximum atomic E-state index is 13.2. The van der Waals surface area contributed by atoms with Gasteiger partial charge in [-0.05, 0) is 55.2 Å². The molecule has 29 heavy (non-hydrogen) atoms. The molecule has 8 heteroatoms. The van der Waals surface area contributed by atoms with Crippen LogP contribution in [0, 0.1) is 5.92 Å². The molecule has 1 heterocycles. The molecule has 0 radical (unpaired) electrons. The molecule has 158 valence electrons. The van der Waals surface area contributed by atoms with Crippen LogP contribution in [0.1, 0.15) is 32.4 Å². The highest BCUT2D eigenvalue weighted by molar-refractivity contribution is 7.89. The number of aryl methyl sites for hydroxylation is 1. The zero-order valence-corrected chi connectivity index (χ0v) is 18.7. The monoisotopic (exact) mass is 437 g/mol. The van der Waals surface area contributed by atoms with Gasteiger partial charge in [-0.2, -0.15) is 4.31 Å². The van der Waals surface area contributed by atoms with Gasteiger partial charge in [-0.3, -0.25) is 4.79 Å². The van der Waals surface area contributed by atoms with Crippen LogP contribution in [-0.4, -0.2) is 47.2 Å². The summed E-state index contributed by atoms with van der Waals surface area (Å²) >= 11 is 5.90. The first-order chi connectivity index (χ1) is 13.7. The van der Waals surface area contributed by atoms with E-state index in [9.17, 15) is 13.2 Å². The number of amides is 1. The molecule has 3 rings (SSSR count). The summed E-state index contributed by atoms with van der Waals surface area (Å²) in [6.45, 7) is 4.49. The number of hydrogen-bond donors (Lipinski definition) is 0. The van der Waals surface area contributed by atoms with Crippen molar-refractivity contribution in [1.82, 2.24) is 13.8 Å². The maximum absolute atomic E-state index is 13.2. The Labute approximate surface area is 178 Å². The van der Waals surface area contributed by atoms with Crippen LogP contribution in [0.3, 0.4) is 0 Å². The Morgan fingerprint density at radius 2 is 1.86 bits per heavy atom. The zero-order valence-electron chi connectivity index (χ0n) is 17.1. The van der Waals surface area contributed by atoms with Crippen LogP contribution in [0.15, 0.2) is 47.5 Å². The van der Waals surface area contributed by atoms with Crippen molar-refractivity contribution in [1.29, 1.82) is 0 Å². The molecule has 0 atom stereocenters. The van der Waals surface area contributed by atoms with Crippen molar-refractivity contribution in [2.24, 2.45) is 13.0 Å². The summed E-state index contributed by atoms with van der Waals surface area (Å²) < 4.78 is 29.7. The average molecular weight is 438 g/mol. The molecule has 2 aromatic rings. The second kappa shape index (κ2) is 8.90. The van der Waals surface area contributed by atoms with Crippen molar-refractivity contribution in [2.45, 2.75) is 44.2 Å². The van der Waals surface area contributed by atoms with Crippen molar-refractivity contribution in [2.75, 3.05) is 13.1 Å². The lowest BCUT2D eigenvalue weighted by Crippen LogP contribution is -2.44. The summed E-state index contributed by atoms with van der Waals surface area (Å²) in [5.74, 6) is -0.0704. The second-order valence-electron chi connectivity index (χ2n) is 8.01. The number of hydrogen-bond acceptors (Lipinski definition) is 3. The molecule has 1 aromatic heterocycles. The lowest BCUT2D eigenvalue weighted by atomic mass is 10.2. The van der Waals surface area contributed by atoms with E-state index in [0.717, 1.165) is 18.5 Å². The van der Waals surface area contributed by atoms with E-state index in [1.807, 2.05) is 48.7 Å². The maximum Gasteiger partial charge on any atom is 0.243 e. The topological polar surface area (TPSA) is 62.6 Å². The molecule has 0 bridgehead atoms. The summed E-state index contributed by atoms with van der Waals surface area (Å²) in [6.07, 6.45) is 3.87. The first kappa shape index (κ1) is 21.9. The van der Waals surface area contributed by atoms with E-state index in [2.05, 4.69) is 0 Å². The Kier molecular flexibility index (Phi) is 6.71. The van der Waals surface area contributed by atoms with Gasteiger partial charge >= 0.3 is 0 Å². The molecule has 0 N–H and O–H groups in total. The predicted octanol–water partition coefficient (Wildman–Crippen LogP) is 3.52. The minimum Gasteiger partial charge on any atom is -0.353 e. The first-order valence-corrected chi connectivity index (χ1v) is 11.7. The van der Waals surface area contributed by atoms with Gasteiger partial charge in [-0.15, -0.1) is 0 Å². The van der Waals surface area contributed by atoms with E-state index in [0.29, 0.717) is 11.6 Å². The van der Waals surface area contributed by atoms with E-state index < -0.39 is 10.0 Å². The number of nitrogens with zero attached hydrogens (tertiary/aromatic N) is 3. The van der Waals surface area contributed by atoms with Crippen LogP contribution in [-0.2, 0) is 28.4 Å². The number of benzene rings is 1. The third-order valence-electron chi connectivity index (χ3n) is 5.02. The highest BCUT2D eigenvalue weighted by atomic mass is 35.5. The summed E-state index contributed by atoms with van der Waals surface area (Å²) in [5, 5.41) is 0.470. The van der Waals surface area contributed by atoms with Crippen LogP contribution in [0.2, 0.25) is 5.02 Å². The molecule has 1 aliphatic rings. The van der Waals surface area contributed by atoms with Gasteiger partial charge in [0.1, 0.15) is 0 Å². The van der Waals surface area contributed by atoms with Crippen molar-refractivity contribution in [3.05, 3.63) is 53.3 Å². The normalized spacial score (nSPS) is 14.6. The fourth-order valence-corrected chi connectivity index (χ4v) is 4.97. The number of aromatic nitrogens is 1. The van der Waals surface area contributed by atoms with Crippen molar-refractivity contribution in [3.8, 4) is 0 Å². The summed E-state index contributed by atoms with van der Waals surface area (Å²) in [6, 6.07) is 10.2. The van der Waals surface area contributed by atoms with Gasteiger partial charge in [0.15, 0.2) is 0 Å². The Morgan fingerprint density at radius 3 is 2.38 bits per heavy atom. The van der Waals surface area contributed by atoms with Gasteiger partial charge in [0.25, 0.3) is 0 Å². The molecule has 0 aliphatic heterocycles. The Balaban J connectivity index is 1.82. The minimum atomic E-state index is -3.79. The van der Waals surface area contributed by atoms with Crippen LogP contribution in [0.5, 0.6) is 0 Å². The van der Waals surface area contributed by atoms with Gasteiger partial charge in [0.05, 0.1) is 18.0 Å². The Morgan fingerprint density at radius 1 is 1.21 bits per heavy atom. The third-order valence-corrected chi connectivity index (χ3v) is 7.10. The zero-order chi connectivity index (χ0) is 21.2. The lowest BCUT2D eigenvalue weighted by Gasteiger charge is -2.28. The van der Waals surface area contributed by atoms with Crippen molar-refractivity contribution in [3.63, 3.8) is 0 Å². The number of halogens is 1. The molecule has 6 nitrogen and oxygen atoms in total. The molecule has 0 spiro atoms. The van der Waals surface area contributed by atoms with E-state index in [1.54, 1.807) is 12.1 Å².